The highest BCUT2D eigenvalue weighted by Crippen LogP contribution is 1.99. The van der Waals surface area contributed by atoms with E-state index in [1.165, 1.54) is 5.56 Å². The van der Waals surface area contributed by atoms with Crippen molar-refractivity contribution >= 4 is 0 Å². The van der Waals surface area contributed by atoms with Gasteiger partial charge < -0.3 is 9.88 Å². The molecule has 0 aromatic carbocycles. The Morgan fingerprint density at radius 2 is 2.00 bits per heavy atom. The minimum absolute atomic E-state index is 0.795. The highest BCUT2D eigenvalue weighted by molar-refractivity contribution is 5.09. The van der Waals surface area contributed by atoms with E-state index in [0.717, 1.165) is 25.5 Å². The predicted molar refractivity (Wildman–Crippen MR) is 62.7 cm³/mol. The van der Waals surface area contributed by atoms with Crippen LogP contribution in [0.5, 0.6) is 0 Å². The predicted octanol–water partition coefficient (Wildman–Crippen LogP) is 1.59. The van der Waals surface area contributed by atoms with Crippen molar-refractivity contribution in [2.75, 3.05) is 0 Å². The lowest BCUT2D eigenvalue weighted by atomic mass is 10.3. The van der Waals surface area contributed by atoms with Gasteiger partial charge in [0, 0.05) is 37.9 Å². The second-order valence-corrected chi connectivity index (χ2v) is 3.59. The fraction of sp³-hybridized carbons (Fsp3) is 0.333. The molecule has 1 N–H and O–H groups in total. The Kier molecular flexibility index (Phi) is 3.66. The Labute approximate surface area is 95.4 Å². The van der Waals surface area contributed by atoms with Crippen molar-refractivity contribution in [3.05, 3.63) is 48.3 Å². The number of rotatable bonds is 5. The molecule has 0 saturated heterocycles. The van der Waals surface area contributed by atoms with Gasteiger partial charge in [0.1, 0.15) is 5.82 Å². The van der Waals surface area contributed by atoms with Gasteiger partial charge >= 0.3 is 0 Å². The summed E-state index contributed by atoms with van der Waals surface area (Å²) in [5.74, 6) is 1.08. The SMILES string of the molecule is CCn1ccnc1CNCc1ccncc1. The topological polar surface area (TPSA) is 42.7 Å². The average Bonchev–Trinajstić information content (AvgIpc) is 2.78. The van der Waals surface area contributed by atoms with E-state index in [0.29, 0.717) is 0 Å². The molecule has 2 rings (SSSR count). The van der Waals surface area contributed by atoms with Crippen LogP contribution in [0.25, 0.3) is 0 Å². The molecule has 84 valence electrons. The van der Waals surface area contributed by atoms with Crippen molar-refractivity contribution in [2.45, 2.75) is 26.6 Å². The van der Waals surface area contributed by atoms with E-state index in [-0.39, 0.29) is 0 Å². The third kappa shape index (κ3) is 2.67. The molecule has 4 nitrogen and oxygen atoms in total. The van der Waals surface area contributed by atoms with Crippen molar-refractivity contribution in [1.29, 1.82) is 0 Å². The molecular formula is C12H16N4. The zero-order valence-electron chi connectivity index (χ0n) is 9.43. The van der Waals surface area contributed by atoms with E-state index in [2.05, 4.69) is 26.8 Å². The maximum atomic E-state index is 4.31. The summed E-state index contributed by atoms with van der Waals surface area (Å²) in [6, 6.07) is 4.03. The highest BCUT2D eigenvalue weighted by atomic mass is 15.1. The standard InChI is InChI=1S/C12H16N4/c1-2-16-8-7-15-12(16)10-14-9-11-3-5-13-6-4-11/h3-8,14H,2,9-10H2,1H3. The van der Waals surface area contributed by atoms with Gasteiger partial charge in [0.15, 0.2) is 0 Å². The van der Waals surface area contributed by atoms with Crippen LogP contribution in [0, 0.1) is 0 Å². The molecule has 16 heavy (non-hydrogen) atoms. The summed E-state index contributed by atoms with van der Waals surface area (Å²) in [6.07, 6.45) is 7.46. The first kappa shape index (κ1) is 10.8. The first-order valence-corrected chi connectivity index (χ1v) is 5.49. The molecule has 0 saturated carbocycles. The molecule has 2 heterocycles. The monoisotopic (exact) mass is 216 g/mol. The minimum Gasteiger partial charge on any atom is -0.334 e. The summed E-state index contributed by atoms with van der Waals surface area (Å²) in [4.78, 5) is 8.29. The van der Waals surface area contributed by atoms with E-state index < -0.39 is 0 Å². The van der Waals surface area contributed by atoms with E-state index in [9.17, 15) is 0 Å². The van der Waals surface area contributed by atoms with E-state index in [1.807, 2.05) is 36.9 Å². The van der Waals surface area contributed by atoms with Crippen molar-refractivity contribution in [1.82, 2.24) is 19.9 Å². The van der Waals surface area contributed by atoms with Gasteiger partial charge in [-0.3, -0.25) is 4.98 Å². The molecule has 0 aliphatic carbocycles. The van der Waals surface area contributed by atoms with Crippen LogP contribution in [0.2, 0.25) is 0 Å². The molecule has 0 aliphatic rings. The first-order chi connectivity index (χ1) is 7.90. The smallest absolute Gasteiger partial charge is 0.122 e. The summed E-state index contributed by atoms with van der Waals surface area (Å²) in [5, 5.41) is 3.37. The zero-order valence-corrected chi connectivity index (χ0v) is 9.43. The fourth-order valence-corrected chi connectivity index (χ4v) is 1.61. The molecular weight excluding hydrogens is 200 g/mol. The maximum Gasteiger partial charge on any atom is 0.122 e. The van der Waals surface area contributed by atoms with Gasteiger partial charge in [-0.2, -0.15) is 0 Å². The molecule has 0 bridgehead atoms. The van der Waals surface area contributed by atoms with Gasteiger partial charge in [-0.25, -0.2) is 4.98 Å². The first-order valence-electron chi connectivity index (χ1n) is 5.49. The summed E-state index contributed by atoms with van der Waals surface area (Å²) in [7, 11) is 0. The molecule has 0 aliphatic heterocycles. The summed E-state index contributed by atoms with van der Waals surface area (Å²) in [5.41, 5.74) is 1.24. The molecule has 4 heteroatoms. The number of hydrogen-bond acceptors (Lipinski definition) is 3. The number of nitrogens with zero attached hydrogens (tertiary/aromatic N) is 3. The Hall–Kier alpha value is -1.68. The maximum absolute atomic E-state index is 4.31. The number of imidazole rings is 1. The number of pyridine rings is 1. The van der Waals surface area contributed by atoms with Crippen LogP contribution in [0.1, 0.15) is 18.3 Å². The van der Waals surface area contributed by atoms with Gasteiger partial charge in [-0.1, -0.05) is 0 Å². The van der Waals surface area contributed by atoms with Gasteiger partial charge in [0.25, 0.3) is 0 Å². The lowest BCUT2D eigenvalue weighted by Crippen LogP contribution is -2.16. The van der Waals surface area contributed by atoms with Gasteiger partial charge in [-0.05, 0) is 24.6 Å². The Morgan fingerprint density at radius 1 is 1.19 bits per heavy atom. The molecule has 0 unspecified atom stereocenters. The second-order valence-electron chi connectivity index (χ2n) is 3.59. The molecule has 0 spiro atoms. The minimum atomic E-state index is 0.795. The quantitative estimate of drug-likeness (QED) is 0.825. The summed E-state index contributed by atoms with van der Waals surface area (Å²) >= 11 is 0. The number of aromatic nitrogens is 3. The summed E-state index contributed by atoms with van der Waals surface area (Å²) < 4.78 is 2.14. The van der Waals surface area contributed by atoms with Crippen molar-refractivity contribution in [3.63, 3.8) is 0 Å². The van der Waals surface area contributed by atoms with Crippen molar-refractivity contribution < 1.29 is 0 Å². The number of aryl methyl sites for hydroxylation is 1. The van der Waals surface area contributed by atoms with Crippen LogP contribution >= 0.6 is 0 Å². The van der Waals surface area contributed by atoms with E-state index >= 15 is 0 Å². The third-order valence-corrected chi connectivity index (χ3v) is 2.50. The lowest BCUT2D eigenvalue weighted by Gasteiger charge is -2.06. The van der Waals surface area contributed by atoms with E-state index in [4.69, 9.17) is 0 Å². The molecule has 0 fully saturated rings. The molecule has 2 aromatic heterocycles. The Bertz CT molecular complexity index is 422. The normalized spacial score (nSPS) is 10.6. The van der Waals surface area contributed by atoms with Crippen molar-refractivity contribution in [2.24, 2.45) is 0 Å². The number of hydrogen-bond donors (Lipinski definition) is 1. The summed E-state index contributed by atoms with van der Waals surface area (Å²) in [6.45, 7) is 4.72. The van der Waals surface area contributed by atoms with E-state index in [1.54, 1.807) is 0 Å². The fourth-order valence-electron chi connectivity index (χ4n) is 1.61. The Morgan fingerprint density at radius 3 is 2.75 bits per heavy atom. The van der Waals surface area contributed by atoms with Crippen LogP contribution in [-0.4, -0.2) is 14.5 Å². The van der Waals surface area contributed by atoms with Gasteiger partial charge in [-0.15, -0.1) is 0 Å². The number of nitrogens with one attached hydrogen (secondary N) is 1. The van der Waals surface area contributed by atoms with Crippen LogP contribution in [0.15, 0.2) is 36.9 Å². The molecule has 2 aromatic rings. The molecule has 0 radical (unpaired) electrons. The lowest BCUT2D eigenvalue weighted by molar-refractivity contribution is 0.613. The van der Waals surface area contributed by atoms with Crippen LogP contribution in [-0.2, 0) is 19.6 Å². The average molecular weight is 216 g/mol. The van der Waals surface area contributed by atoms with Crippen LogP contribution in [0.4, 0.5) is 0 Å². The molecule has 0 atom stereocenters. The van der Waals surface area contributed by atoms with Crippen molar-refractivity contribution in [3.8, 4) is 0 Å². The Balaban J connectivity index is 1.85. The highest BCUT2D eigenvalue weighted by Gasteiger charge is 1.99. The van der Waals surface area contributed by atoms with Crippen LogP contribution < -0.4 is 5.32 Å². The molecule has 0 amide bonds. The zero-order chi connectivity index (χ0) is 11.2. The largest absolute Gasteiger partial charge is 0.334 e. The van der Waals surface area contributed by atoms with Gasteiger partial charge in [0.2, 0.25) is 0 Å². The van der Waals surface area contributed by atoms with Gasteiger partial charge in [0.05, 0.1) is 6.54 Å². The third-order valence-electron chi connectivity index (χ3n) is 2.50. The second kappa shape index (κ2) is 5.42. The van der Waals surface area contributed by atoms with Crippen LogP contribution in [0.3, 0.4) is 0 Å².